The number of nitrogens with one attached hydrogen (secondary N) is 1. The van der Waals surface area contributed by atoms with Gasteiger partial charge in [-0.15, -0.1) is 0 Å². The van der Waals surface area contributed by atoms with Crippen LogP contribution in [0.4, 0.5) is 0 Å². The standard InChI is InChI=1S/C18H28N2O3/c1-4-6-11-23-16-8-7-14(12-17(16)22-5-2)18(21)20(3)15-9-10-19-13-15/h7-8,12,15,19H,4-6,9-11,13H2,1-3H3. The number of unbranched alkanes of at least 4 members (excludes halogenated alkanes) is 1. The van der Waals surface area contributed by atoms with Gasteiger partial charge in [-0.25, -0.2) is 0 Å². The lowest BCUT2D eigenvalue weighted by Crippen LogP contribution is -2.38. The van der Waals surface area contributed by atoms with Crippen molar-refractivity contribution in [2.24, 2.45) is 0 Å². The Morgan fingerprint density at radius 2 is 2.13 bits per heavy atom. The smallest absolute Gasteiger partial charge is 0.254 e. The Morgan fingerprint density at radius 1 is 1.30 bits per heavy atom. The second kappa shape index (κ2) is 8.77. The molecule has 1 aromatic carbocycles. The van der Waals surface area contributed by atoms with E-state index in [1.807, 2.05) is 31.0 Å². The van der Waals surface area contributed by atoms with Crippen LogP contribution in [0, 0.1) is 0 Å². The number of benzene rings is 1. The van der Waals surface area contributed by atoms with Crippen LogP contribution < -0.4 is 14.8 Å². The molecule has 1 aromatic rings. The third-order valence-electron chi connectivity index (χ3n) is 4.15. The van der Waals surface area contributed by atoms with Crippen molar-refractivity contribution in [3.05, 3.63) is 23.8 Å². The van der Waals surface area contributed by atoms with Crippen molar-refractivity contribution in [3.63, 3.8) is 0 Å². The number of nitrogens with zero attached hydrogens (tertiary/aromatic N) is 1. The number of carbonyl (C=O) groups excluding carboxylic acids is 1. The molecule has 0 bridgehead atoms. The normalized spacial score (nSPS) is 17.1. The fourth-order valence-corrected chi connectivity index (χ4v) is 2.69. The highest BCUT2D eigenvalue weighted by atomic mass is 16.5. The maximum Gasteiger partial charge on any atom is 0.254 e. The van der Waals surface area contributed by atoms with Gasteiger partial charge in [0.15, 0.2) is 11.5 Å². The van der Waals surface area contributed by atoms with Crippen LogP contribution in [0.1, 0.15) is 43.5 Å². The van der Waals surface area contributed by atoms with Gasteiger partial charge in [0, 0.05) is 25.2 Å². The highest BCUT2D eigenvalue weighted by Gasteiger charge is 2.24. The number of rotatable bonds is 8. The maximum absolute atomic E-state index is 12.7. The fraction of sp³-hybridized carbons (Fsp3) is 0.611. The summed E-state index contributed by atoms with van der Waals surface area (Å²) in [5, 5.41) is 3.29. The third-order valence-corrected chi connectivity index (χ3v) is 4.15. The van der Waals surface area contributed by atoms with Gasteiger partial charge in [-0.05, 0) is 44.5 Å². The van der Waals surface area contributed by atoms with E-state index in [1.165, 1.54) is 0 Å². The topological polar surface area (TPSA) is 50.8 Å². The summed E-state index contributed by atoms with van der Waals surface area (Å²) < 4.78 is 11.4. The van der Waals surface area contributed by atoms with Crippen LogP contribution in [-0.2, 0) is 0 Å². The molecule has 1 saturated heterocycles. The minimum absolute atomic E-state index is 0.0276. The summed E-state index contributed by atoms with van der Waals surface area (Å²) in [4.78, 5) is 14.5. The Morgan fingerprint density at radius 3 is 2.78 bits per heavy atom. The van der Waals surface area contributed by atoms with Gasteiger partial charge < -0.3 is 19.7 Å². The van der Waals surface area contributed by atoms with Crippen molar-refractivity contribution in [3.8, 4) is 11.5 Å². The summed E-state index contributed by atoms with van der Waals surface area (Å²) in [6.45, 7) is 7.10. The van der Waals surface area contributed by atoms with E-state index in [9.17, 15) is 4.79 Å². The summed E-state index contributed by atoms with van der Waals surface area (Å²) in [6.07, 6.45) is 3.09. The number of hydrogen-bond acceptors (Lipinski definition) is 4. The molecule has 0 aromatic heterocycles. The second-order valence-electron chi connectivity index (χ2n) is 5.86. The van der Waals surface area contributed by atoms with E-state index in [1.54, 1.807) is 6.07 Å². The molecule has 5 heteroatoms. The molecule has 1 N–H and O–H groups in total. The Balaban J connectivity index is 2.11. The Kier molecular flexibility index (Phi) is 6.71. The molecule has 128 valence electrons. The monoisotopic (exact) mass is 320 g/mol. The van der Waals surface area contributed by atoms with Gasteiger partial charge in [0.05, 0.1) is 13.2 Å². The lowest BCUT2D eigenvalue weighted by molar-refractivity contribution is 0.0743. The van der Waals surface area contributed by atoms with Crippen molar-refractivity contribution in [2.75, 3.05) is 33.4 Å². The average Bonchev–Trinajstić information content (AvgIpc) is 3.09. The average molecular weight is 320 g/mol. The molecular formula is C18H28N2O3. The number of hydrogen-bond donors (Lipinski definition) is 1. The summed E-state index contributed by atoms with van der Waals surface area (Å²) >= 11 is 0. The predicted molar refractivity (Wildman–Crippen MR) is 91.4 cm³/mol. The van der Waals surface area contributed by atoms with Crippen LogP contribution in [-0.4, -0.2) is 50.2 Å². The van der Waals surface area contributed by atoms with E-state index >= 15 is 0 Å². The first kappa shape index (κ1) is 17.6. The van der Waals surface area contributed by atoms with Gasteiger partial charge >= 0.3 is 0 Å². The number of likely N-dealkylation sites (N-methyl/N-ethyl adjacent to an activating group) is 1. The van der Waals surface area contributed by atoms with Crippen LogP contribution in [0.25, 0.3) is 0 Å². The first-order valence-electron chi connectivity index (χ1n) is 8.54. The molecule has 1 aliphatic heterocycles. The number of ether oxygens (including phenoxy) is 2. The van der Waals surface area contributed by atoms with Crippen molar-refractivity contribution in [1.29, 1.82) is 0 Å². The summed E-state index contributed by atoms with van der Waals surface area (Å²) in [5.41, 5.74) is 0.644. The first-order valence-corrected chi connectivity index (χ1v) is 8.54. The molecule has 0 saturated carbocycles. The first-order chi connectivity index (χ1) is 11.2. The lowest BCUT2D eigenvalue weighted by atomic mass is 10.1. The predicted octanol–water partition coefficient (Wildman–Crippen LogP) is 2.70. The molecule has 0 spiro atoms. The zero-order valence-corrected chi connectivity index (χ0v) is 14.4. The fourth-order valence-electron chi connectivity index (χ4n) is 2.69. The highest BCUT2D eigenvalue weighted by molar-refractivity contribution is 5.95. The molecule has 5 nitrogen and oxygen atoms in total. The minimum atomic E-state index is 0.0276. The molecule has 1 heterocycles. The Hall–Kier alpha value is -1.75. The van der Waals surface area contributed by atoms with Gasteiger partial charge in [0.25, 0.3) is 5.91 Å². The van der Waals surface area contributed by atoms with Crippen molar-refractivity contribution < 1.29 is 14.3 Å². The van der Waals surface area contributed by atoms with Crippen molar-refractivity contribution >= 4 is 5.91 Å². The molecule has 1 unspecified atom stereocenters. The SMILES string of the molecule is CCCCOc1ccc(C(=O)N(C)C2CCNC2)cc1OCC. The van der Waals surface area contributed by atoms with E-state index in [0.717, 1.165) is 32.4 Å². The van der Waals surface area contributed by atoms with Gasteiger partial charge in [-0.2, -0.15) is 0 Å². The van der Waals surface area contributed by atoms with Crippen LogP contribution in [0.3, 0.4) is 0 Å². The van der Waals surface area contributed by atoms with Gasteiger partial charge in [0.2, 0.25) is 0 Å². The lowest BCUT2D eigenvalue weighted by Gasteiger charge is -2.24. The van der Waals surface area contributed by atoms with Crippen LogP contribution in [0.5, 0.6) is 11.5 Å². The number of carbonyl (C=O) groups is 1. The largest absolute Gasteiger partial charge is 0.490 e. The van der Waals surface area contributed by atoms with E-state index in [0.29, 0.717) is 30.3 Å². The molecule has 0 radical (unpaired) electrons. The zero-order chi connectivity index (χ0) is 16.7. The van der Waals surface area contributed by atoms with E-state index < -0.39 is 0 Å². The molecule has 1 aliphatic rings. The van der Waals surface area contributed by atoms with E-state index in [4.69, 9.17) is 9.47 Å². The summed E-state index contributed by atoms with van der Waals surface area (Å²) in [5.74, 6) is 1.38. The van der Waals surface area contributed by atoms with Crippen molar-refractivity contribution in [2.45, 2.75) is 39.2 Å². The van der Waals surface area contributed by atoms with Crippen LogP contribution in [0.2, 0.25) is 0 Å². The highest BCUT2D eigenvalue weighted by Crippen LogP contribution is 2.29. The number of amides is 1. The Bertz CT molecular complexity index is 513. The molecule has 1 amide bonds. The summed E-state index contributed by atoms with van der Waals surface area (Å²) in [7, 11) is 1.87. The van der Waals surface area contributed by atoms with Crippen molar-refractivity contribution in [1.82, 2.24) is 10.2 Å². The van der Waals surface area contributed by atoms with Gasteiger partial charge in [-0.3, -0.25) is 4.79 Å². The summed E-state index contributed by atoms with van der Waals surface area (Å²) in [6, 6.07) is 5.73. The van der Waals surface area contributed by atoms with E-state index in [2.05, 4.69) is 12.2 Å². The molecule has 1 fully saturated rings. The van der Waals surface area contributed by atoms with Crippen LogP contribution in [0.15, 0.2) is 18.2 Å². The quantitative estimate of drug-likeness (QED) is 0.748. The molecular weight excluding hydrogens is 292 g/mol. The Labute approximate surface area is 139 Å². The van der Waals surface area contributed by atoms with Gasteiger partial charge in [0.1, 0.15) is 0 Å². The molecule has 2 rings (SSSR count). The van der Waals surface area contributed by atoms with Gasteiger partial charge in [-0.1, -0.05) is 13.3 Å². The maximum atomic E-state index is 12.7. The third kappa shape index (κ3) is 4.61. The van der Waals surface area contributed by atoms with Crippen LogP contribution >= 0.6 is 0 Å². The molecule has 1 atom stereocenters. The minimum Gasteiger partial charge on any atom is -0.490 e. The molecule has 23 heavy (non-hydrogen) atoms. The zero-order valence-electron chi connectivity index (χ0n) is 14.4. The molecule has 0 aliphatic carbocycles. The second-order valence-corrected chi connectivity index (χ2v) is 5.86. The van der Waals surface area contributed by atoms with E-state index in [-0.39, 0.29) is 11.9 Å².